The molecule has 0 bridgehead atoms. The lowest BCUT2D eigenvalue weighted by Crippen LogP contribution is -2.31. The van der Waals surface area contributed by atoms with Crippen molar-refractivity contribution in [2.24, 2.45) is 5.92 Å². The van der Waals surface area contributed by atoms with Crippen LogP contribution in [0.15, 0.2) is 97.1 Å². The van der Waals surface area contributed by atoms with Crippen molar-refractivity contribution < 1.29 is 27.8 Å². The van der Waals surface area contributed by atoms with E-state index < -0.39 is 17.7 Å². The lowest BCUT2D eigenvalue weighted by molar-refractivity contribution is -0.138. The zero-order valence-corrected chi connectivity index (χ0v) is 26.5. The van der Waals surface area contributed by atoms with E-state index in [0.717, 1.165) is 23.1 Å². The van der Waals surface area contributed by atoms with Crippen LogP contribution in [-0.2, 0) is 23.9 Å². The summed E-state index contributed by atoms with van der Waals surface area (Å²) in [6.07, 6.45) is 0.394. The van der Waals surface area contributed by atoms with Gasteiger partial charge in [-0.3, -0.25) is 9.69 Å². The fourth-order valence-corrected chi connectivity index (χ4v) is 4.91. The highest BCUT2D eigenvalue weighted by Crippen LogP contribution is 2.33. The molecule has 4 nitrogen and oxygen atoms in total. The predicted octanol–water partition coefficient (Wildman–Crippen LogP) is 9.49. The SMILES string of the molecule is C/C=C\C(C)C.C=C(C)C(CN(CCCOc1cccc(CC(=O)O)c1)Cc1cccc(C(F)(F)F)c1C)c1ccccc1. The van der Waals surface area contributed by atoms with E-state index in [9.17, 15) is 18.0 Å². The van der Waals surface area contributed by atoms with Crippen LogP contribution in [0, 0.1) is 12.8 Å². The molecule has 238 valence electrons. The third-order valence-corrected chi connectivity index (χ3v) is 7.10. The Labute approximate surface area is 260 Å². The van der Waals surface area contributed by atoms with Crippen molar-refractivity contribution in [1.82, 2.24) is 4.90 Å². The van der Waals surface area contributed by atoms with Crippen molar-refractivity contribution in [2.45, 2.75) is 66.1 Å². The molecule has 0 saturated heterocycles. The molecule has 3 aromatic rings. The Kier molecular flexibility index (Phi) is 14.9. The lowest BCUT2D eigenvalue weighted by Gasteiger charge is -2.29. The highest BCUT2D eigenvalue weighted by molar-refractivity contribution is 5.70. The Morgan fingerprint density at radius 3 is 2.30 bits per heavy atom. The number of allylic oxidation sites excluding steroid dienone is 2. The molecule has 0 fully saturated rings. The lowest BCUT2D eigenvalue weighted by atomic mass is 9.92. The van der Waals surface area contributed by atoms with E-state index in [0.29, 0.717) is 49.5 Å². The molecule has 1 unspecified atom stereocenters. The van der Waals surface area contributed by atoms with Crippen LogP contribution < -0.4 is 4.74 Å². The van der Waals surface area contributed by atoms with Crippen molar-refractivity contribution in [3.63, 3.8) is 0 Å². The van der Waals surface area contributed by atoms with Gasteiger partial charge in [-0.05, 0) is 73.6 Å². The first-order valence-corrected chi connectivity index (χ1v) is 15.0. The van der Waals surface area contributed by atoms with Gasteiger partial charge in [0.15, 0.2) is 0 Å². The molecule has 0 amide bonds. The monoisotopic (exact) mass is 609 g/mol. The van der Waals surface area contributed by atoms with Crippen molar-refractivity contribution in [3.05, 3.63) is 125 Å². The molecule has 1 N–H and O–H groups in total. The third kappa shape index (κ3) is 12.8. The average molecular weight is 610 g/mol. The number of benzene rings is 3. The second-order valence-electron chi connectivity index (χ2n) is 11.3. The summed E-state index contributed by atoms with van der Waals surface area (Å²) in [5, 5.41) is 9.01. The minimum Gasteiger partial charge on any atom is -0.494 e. The van der Waals surface area contributed by atoms with Crippen LogP contribution in [-0.4, -0.2) is 35.7 Å². The number of nitrogens with zero attached hydrogens (tertiary/aromatic N) is 1. The summed E-state index contributed by atoms with van der Waals surface area (Å²) in [5.74, 6) is 0.423. The van der Waals surface area contributed by atoms with E-state index in [4.69, 9.17) is 9.84 Å². The Morgan fingerprint density at radius 2 is 1.73 bits per heavy atom. The Bertz CT molecular complexity index is 1350. The number of carbonyl (C=O) groups is 1. The third-order valence-electron chi connectivity index (χ3n) is 7.10. The molecule has 0 aliphatic rings. The number of hydrogen-bond donors (Lipinski definition) is 1. The minimum atomic E-state index is -4.40. The Morgan fingerprint density at radius 1 is 1.05 bits per heavy atom. The van der Waals surface area contributed by atoms with E-state index in [1.165, 1.54) is 13.0 Å². The molecule has 3 rings (SSSR count). The first kappa shape index (κ1) is 36.4. The van der Waals surface area contributed by atoms with Gasteiger partial charge >= 0.3 is 12.1 Å². The van der Waals surface area contributed by atoms with E-state index in [1.54, 1.807) is 30.3 Å². The molecule has 0 aliphatic carbocycles. The maximum absolute atomic E-state index is 13.5. The van der Waals surface area contributed by atoms with Gasteiger partial charge in [0, 0.05) is 25.6 Å². The number of hydrogen-bond acceptors (Lipinski definition) is 3. The highest BCUT2D eigenvalue weighted by Gasteiger charge is 2.33. The zero-order chi connectivity index (χ0) is 32.7. The van der Waals surface area contributed by atoms with Gasteiger partial charge in [-0.2, -0.15) is 13.2 Å². The minimum absolute atomic E-state index is 0.0240. The summed E-state index contributed by atoms with van der Waals surface area (Å²) in [6, 6.07) is 21.3. The first-order chi connectivity index (χ1) is 20.8. The van der Waals surface area contributed by atoms with Gasteiger partial charge in [0.05, 0.1) is 18.6 Å². The second kappa shape index (κ2) is 18.1. The number of rotatable bonds is 14. The molecule has 3 aromatic carbocycles. The second-order valence-corrected chi connectivity index (χ2v) is 11.3. The fourth-order valence-electron chi connectivity index (χ4n) is 4.91. The molecule has 7 heteroatoms. The van der Waals surface area contributed by atoms with Crippen LogP contribution in [0.1, 0.15) is 67.9 Å². The van der Waals surface area contributed by atoms with Crippen LogP contribution in [0.25, 0.3) is 0 Å². The average Bonchev–Trinajstić information content (AvgIpc) is 2.94. The number of carboxylic acid groups (broad SMARTS) is 1. The number of alkyl halides is 3. The molecule has 0 spiro atoms. The quantitative estimate of drug-likeness (QED) is 0.146. The molecular formula is C37H46F3NO3. The van der Waals surface area contributed by atoms with Crippen LogP contribution in [0.3, 0.4) is 0 Å². The van der Waals surface area contributed by atoms with Crippen molar-refractivity contribution >= 4 is 5.97 Å². The molecular weight excluding hydrogens is 563 g/mol. The van der Waals surface area contributed by atoms with Gasteiger partial charge in [-0.1, -0.05) is 92.7 Å². The topological polar surface area (TPSA) is 49.8 Å². The molecule has 0 aliphatic heterocycles. The van der Waals surface area contributed by atoms with Crippen LogP contribution in [0.2, 0.25) is 0 Å². The summed E-state index contributed by atoms with van der Waals surface area (Å²) >= 11 is 0. The van der Waals surface area contributed by atoms with Crippen molar-refractivity contribution in [2.75, 3.05) is 19.7 Å². The summed E-state index contributed by atoms with van der Waals surface area (Å²) in [6.45, 7) is 16.0. The van der Waals surface area contributed by atoms with E-state index >= 15 is 0 Å². The number of carboxylic acids is 1. The van der Waals surface area contributed by atoms with E-state index in [1.807, 2.05) is 44.2 Å². The standard InChI is InChI=1S/C31H34F3NO3.C6H12/c1-22(2)28(25-11-5-4-6-12-25)21-35(20-26-13-8-15-29(23(26)3)31(32,33)34)16-9-17-38-27-14-7-10-24(18-27)19-30(36)37;1-4-5-6(2)3/h4-8,10-15,18,28H,1,9,16-17,19-21H2,2-3H3,(H,36,37);4-6H,1-3H3/b;5-4-. The summed E-state index contributed by atoms with van der Waals surface area (Å²) < 4.78 is 46.5. The number of ether oxygens (including phenoxy) is 1. The normalized spacial score (nSPS) is 12.2. The van der Waals surface area contributed by atoms with Crippen molar-refractivity contribution in [1.29, 1.82) is 0 Å². The van der Waals surface area contributed by atoms with Gasteiger partial charge in [-0.25, -0.2) is 0 Å². The van der Waals surface area contributed by atoms with Crippen LogP contribution in [0.5, 0.6) is 5.75 Å². The maximum atomic E-state index is 13.5. The molecule has 44 heavy (non-hydrogen) atoms. The van der Waals surface area contributed by atoms with Crippen molar-refractivity contribution in [3.8, 4) is 5.75 Å². The molecule has 0 radical (unpaired) electrons. The van der Waals surface area contributed by atoms with Gasteiger partial charge in [0.25, 0.3) is 0 Å². The maximum Gasteiger partial charge on any atom is 0.416 e. The summed E-state index contributed by atoms with van der Waals surface area (Å²) in [5.41, 5.74) is 3.01. The number of aliphatic carboxylic acids is 1. The predicted molar refractivity (Wildman–Crippen MR) is 173 cm³/mol. The van der Waals surface area contributed by atoms with Gasteiger partial charge < -0.3 is 9.84 Å². The smallest absolute Gasteiger partial charge is 0.416 e. The molecule has 1 atom stereocenters. The Balaban J connectivity index is 0.00000102. The molecule has 0 saturated carbocycles. The fraction of sp³-hybridized carbons (Fsp3) is 0.378. The number of halogens is 3. The van der Waals surface area contributed by atoms with Gasteiger partial charge in [0.1, 0.15) is 5.75 Å². The summed E-state index contributed by atoms with van der Waals surface area (Å²) in [7, 11) is 0. The summed E-state index contributed by atoms with van der Waals surface area (Å²) in [4.78, 5) is 13.1. The van der Waals surface area contributed by atoms with Crippen LogP contribution >= 0.6 is 0 Å². The first-order valence-electron chi connectivity index (χ1n) is 15.0. The van der Waals surface area contributed by atoms with Gasteiger partial charge in [0.2, 0.25) is 0 Å². The van der Waals surface area contributed by atoms with Gasteiger partial charge in [-0.15, -0.1) is 0 Å². The van der Waals surface area contributed by atoms with E-state index in [2.05, 4.69) is 37.5 Å². The highest BCUT2D eigenvalue weighted by atomic mass is 19.4. The molecule has 0 heterocycles. The molecule has 0 aromatic heterocycles. The van der Waals surface area contributed by atoms with E-state index in [-0.39, 0.29) is 17.9 Å². The Hall–Kier alpha value is -3.84. The largest absolute Gasteiger partial charge is 0.494 e. The zero-order valence-electron chi connectivity index (χ0n) is 26.5. The van der Waals surface area contributed by atoms with Crippen LogP contribution in [0.4, 0.5) is 13.2 Å².